The molecule has 2 aliphatic rings. The summed E-state index contributed by atoms with van der Waals surface area (Å²) >= 11 is 0. The summed E-state index contributed by atoms with van der Waals surface area (Å²) in [6.07, 6.45) is 7.76. The molecule has 1 atom stereocenters. The molecule has 6 nitrogen and oxygen atoms in total. The highest BCUT2D eigenvalue weighted by atomic mass is 16.5. The Morgan fingerprint density at radius 3 is 2.85 bits per heavy atom. The second-order valence-electron chi connectivity index (χ2n) is 7.10. The lowest BCUT2D eigenvalue weighted by Gasteiger charge is -2.26. The molecule has 0 saturated heterocycles. The summed E-state index contributed by atoms with van der Waals surface area (Å²) in [6.45, 7) is 1.16. The van der Waals surface area contributed by atoms with Gasteiger partial charge in [-0.25, -0.2) is 9.98 Å². The normalized spacial score (nSPS) is 20.0. The van der Waals surface area contributed by atoms with E-state index in [9.17, 15) is 0 Å². The average Bonchev–Trinajstić information content (AvgIpc) is 3.21. The summed E-state index contributed by atoms with van der Waals surface area (Å²) < 4.78 is 11.6. The van der Waals surface area contributed by atoms with Crippen LogP contribution in [0.2, 0.25) is 0 Å². The van der Waals surface area contributed by atoms with Gasteiger partial charge in [0.15, 0.2) is 5.96 Å². The summed E-state index contributed by atoms with van der Waals surface area (Å²) in [6, 6.07) is 12.1. The summed E-state index contributed by atoms with van der Waals surface area (Å²) in [7, 11) is 0. The Bertz CT molecular complexity index is 785. The Kier molecular flexibility index (Phi) is 5.42. The lowest BCUT2D eigenvalue weighted by Crippen LogP contribution is -2.37. The fraction of sp³-hybridized carbons (Fsp3) is 0.429. The number of aliphatic imine (C=N–C) groups is 1. The van der Waals surface area contributed by atoms with E-state index in [1.165, 1.54) is 12.8 Å². The lowest BCUT2D eigenvalue weighted by atomic mass is 10.0. The number of ether oxygens (including phenoxy) is 2. The number of pyridine rings is 1. The third-order valence-electron chi connectivity index (χ3n) is 5.10. The van der Waals surface area contributed by atoms with Crippen molar-refractivity contribution in [1.82, 2.24) is 10.3 Å². The van der Waals surface area contributed by atoms with E-state index in [0.717, 1.165) is 36.1 Å². The van der Waals surface area contributed by atoms with Crippen LogP contribution in [0.25, 0.3) is 0 Å². The van der Waals surface area contributed by atoms with Gasteiger partial charge in [0.1, 0.15) is 11.9 Å². The predicted octanol–water partition coefficient (Wildman–Crippen LogP) is 3.33. The molecule has 2 heterocycles. The third-order valence-corrected chi connectivity index (χ3v) is 5.10. The van der Waals surface area contributed by atoms with Crippen LogP contribution >= 0.6 is 0 Å². The second-order valence-corrected chi connectivity index (χ2v) is 7.10. The summed E-state index contributed by atoms with van der Waals surface area (Å²) in [4.78, 5) is 8.85. The minimum Gasteiger partial charge on any atom is -0.493 e. The van der Waals surface area contributed by atoms with Crippen LogP contribution in [0.1, 0.15) is 49.3 Å². The molecule has 27 heavy (non-hydrogen) atoms. The van der Waals surface area contributed by atoms with Gasteiger partial charge < -0.3 is 20.5 Å². The van der Waals surface area contributed by atoms with Crippen molar-refractivity contribution < 1.29 is 9.47 Å². The van der Waals surface area contributed by atoms with Crippen LogP contribution in [0.15, 0.2) is 47.6 Å². The van der Waals surface area contributed by atoms with Crippen molar-refractivity contribution in [2.75, 3.05) is 6.61 Å². The first-order chi connectivity index (χ1) is 13.3. The number of nitrogens with one attached hydrogen (secondary N) is 1. The summed E-state index contributed by atoms with van der Waals surface area (Å²) in [5, 5.41) is 3.31. The average molecular weight is 366 g/mol. The van der Waals surface area contributed by atoms with E-state index in [1.54, 1.807) is 0 Å². The van der Waals surface area contributed by atoms with Crippen LogP contribution in [-0.2, 0) is 6.54 Å². The van der Waals surface area contributed by atoms with Crippen molar-refractivity contribution in [1.29, 1.82) is 0 Å². The molecule has 4 rings (SSSR count). The summed E-state index contributed by atoms with van der Waals surface area (Å²) in [5.74, 6) is 2.04. The van der Waals surface area contributed by atoms with Crippen LogP contribution < -0.4 is 20.5 Å². The SMILES string of the molecule is NC(=NCc1ccc(OC2CCCC2)nc1)NC1CCOc2ccccc21. The van der Waals surface area contributed by atoms with Crippen LogP contribution in [0.5, 0.6) is 11.6 Å². The molecule has 6 heteroatoms. The molecule has 0 spiro atoms. The first-order valence-corrected chi connectivity index (χ1v) is 9.68. The molecular weight excluding hydrogens is 340 g/mol. The standard InChI is InChI=1S/C21H26N4O2/c22-21(25-18-11-12-26-19-8-4-3-7-17(18)19)24-14-15-9-10-20(23-13-15)27-16-5-1-2-6-16/h3-4,7-10,13,16,18H,1-2,5-6,11-12,14H2,(H3,22,24,25). The maximum Gasteiger partial charge on any atom is 0.213 e. The molecule has 2 aromatic rings. The zero-order valence-electron chi connectivity index (χ0n) is 15.4. The number of fused-ring (bicyclic) bond motifs is 1. The van der Waals surface area contributed by atoms with E-state index < -0.39 is 0 Å². The van der Waals surface area contributed by atoms with Gasteiger partial charge in [-0.2, -0.15) is 0 Å². The first-order valence-electron chi connectivity index (χ1n) is 9.68. The number of benzene rings is 1. The van der Waals surface area contributed by atoms with E-state index in [0.29, 0.717) is 31.1 Å². The van der Waals surface area contributed by atoms with Crippen LogP contribution in [0, 0.1) is 0 Å². The Balaban J connectivity index is 1.33. The van der Waals surface area contributed by atoms with Gasteiger partial charge in [-0.05, 0) is 37.3 Å². The first kappa shape index (κ1) is 17.6. The van der Waals surface area contributed by atoms with Gasteiger partial charge in [0, 0.05) is 24.2 Å². The quantitative estimate of drug-likeness (QED) is 0.627. The molecular formula is C21H26N4O2. The largest absolute Gasteiger partial charge is 0.493 e. The molecule has 0 amide bonds. The molecule has 1 aromatic heterocycles. The monoisotopic (exact) mass is 366 g/mol. The van der Waals surface area contributed by atoms with E-state index in [1.807, 2.05) is 36.5 Å². The molecule has 1 aliphatic carbocycles. The fourth-order valence-electron chi connectivity index (χ4n) is 3.64. The Hall–Kier alpha value is -2.76. The summed E-state index contributed by atoms with van der Waals surface area (Å²) in [5.41, 5.74) is 8.23. The molecule has 1 aliphatic heterocycles. The smallest absolute Gasteiger partial charge is 0.213 e. The molecule has 1 saturated carbocycles. The van der Waals surface area contributed by atoms with Crippen molar-refractivity contribution in [3.05, 3.63) is 53.7 Å². The highest BCUT2D eigenvalue weighted by Crippen LogP contribution is 2.31. The van der Waals surface area contributed by atoms with Crippen molar-refractivity contribution >= 4 is 5.96 Å². The molecule has 0 bridgehead atoms. The zero-order chi connectivity index (χ0) is 18.5. The van der Waals surface area contributed by atoms with Gasteiger partial charge in [0.25, 0.3) is 0 Å². The Morgan fingerprint density at radius 2 is 2.04 bits per heavy atom. The number of para-hydroxylation sites is 1. The fourth-order valence-corrected chi connectivity index (χ4v) is 3.64. The van der Waals surface area contributed by atoms with Gasteiger partial charge in [-0.1, -0.05) is 24.3 Å². The van der Waals surface area contributed by atoms with E-state index in [-0.39, 0.29) is 6.04 Å². The van der Waals surface area contributed by atoms with E-state index in [2.05, 4.69) is 21.4 Å². The van der Waals surface area contributed by atoms with Crippen molar-refractivity contribution in [2.45, 2.75) is 50.8 Å². The Morgan fingerprint density at radius 1 is 1.19 bits per heavy atom. The highest BCUT2D eigenvalue weighted by molar-refractivity contribution is 5.78. The highest BCUT2D eigenvalue weighted by Gasteiger charge is 2.21. The zero-order valence-corrected chi connectivity index (χ0v) is 15.4. The number of guanidine groups is 1. The van der Waals surface area contributed by atoms with E-state index in [4.69, 9.17) is 15.2 Å². The van der Waals surface area contributed by atoms with E-state index >= 15 is 0 Å². The molecule has 0 radical (unpaired) electrons. The third kappa shape index (κ3) is 4.51. The Labute approximate surface area is 159 Å². The number of hydrogen-bond acceptors (Lipinski definition) is 4. The number of aromatic nitrogens is 1. The van der Waals surface area contributed by atoms with Crippen molar-refractivity contribution in [3.63, 3.8) is 0 Å². The number of nitrogens with zero attached hydrogens (tertiary/aromatic N) is 2. The number of hydrogen-bond donors (Lipinski definition) is 2. The lowest BCUT2D eigenvalue weighted by molar-refractivity contribution is 0.201. The molecule has 142 valence electrons. The maximum absolute atomic E-state index is 6.10. The van der Waals surface area contributed by atoms with Crippen molar-refractivity contribution in [3.8, 4) is 11.6 Å². The van der Waals surface area contributed by atoms with Gasteiger partial charge in [0.05, 0.1) is 19.2 Å². The maximum atomic E-state index is 6.10. The molecule has 1 unspecified atom stereocenters. The molecule has 3 N–H and O–H groups in total. The van der Waals surface area contributed by atoms with Crippen molar-refractivity contribution in [2.24, 2.45) is 10.7 Å². The number of rotatable bonds is 5. The second kappa shape index (κ2) is 8.29. The van der Waals surface area contributed by atoms with Crippen LogP contribution in [0.3, 0.4) is 0 Å². The topological polar surface area (TPSA) is 81.8 Å². The minimum absolute atomic E-state index is 0.124. The van der Waals surface area contributed by atoms with Gasteiger partial charge in [-0.15, -0.1) is 0 Å². The van der Waals surface area contributed by atoms with Gasteiger partial charge in [0.2, 0.25) is 5.88 Å². The van der Waals surface area contributed by atoms with Crippen LogP contribution in [0.4, 0.5) is 0 Å². The van der Waals surface area contributed by atoms with Crippen LogP contribution in [-0.4, -0.2) is 23.7 Å². The minimum atomic E-state index is 0.124. The molecule has 1 aromatic carbocycles. The van der Waals surface area contributed by atoms with Gasteiger partial charge >= 0.3 is 0 Å². The number of nitrogens with two attached hydrogens (primary N) is 1. The predicted molar refractivity (Wildman–Crippen MR) is 105 cm³/mol. The van der Waals surface area contributed by atoms with Gasteiger partial charge in [-0.3, -0.25) is 0 Å². The molecule has 1 fully saturated rings.